The second-order valence-corrected chi connectivity index (χ2v) is 12.4. The van der Waals surface area contributed by atoms with E-state index in [9.17, 15) is 0 Å². The van der Waals surface area contributed by atoms with Crippen molar-refractivity contribution in [2.45, 2.75) is 74.9 Å². The molecular formula is C36H38Br2. The van der Waals surface area contributed by atoms with Crippen LogP contribution in [0.1, 0.15) is 86.8 Å². The maximum Gasteiger partial charge on any atom is 0.0283 e. The summed E-state index contributed by atoms with van der Waals surface area (Å²) in [4.78, 5) is 0. The third kappa shape index (κ3) is 4.52. The van der Waals surface area contributed by atoms with Gasteiger partial charge in [0.25, 0.3) is 0 Å². The van der Waals surface area contributed by atoms with Gasteiger partial charge in [-0.05, 0) is 68.5 Å². The Kier molecular flexibility index (Phi) is 8.04. The third-order valence-electron chi connectivity index (χ3n) is 8.79. The lowest BCUT2D eigenvalue weighted by Crippen LogP contribution is -2.20. The molecule has 38 heavy (non-hydrogen) atoms. The minimum Gasteiger partial charge on any atom is -0.0876 e. The normalized spacial score (nSPS) is 15.1. The van der Waals surface area contributed by atoms with Crippen molar-refractivity contribution >= 4 is 31.9 Å². The molecule has 0 N–H and O–H groups in total. The minimum atomic E-state index is 0.149. The van der Waals surface area contributed by atoms with Crippen molar-refractivity contribution in [2.24, 2.45) is 0 Å². The van der Waals surface area contributed by atoms with Crippen LogP contribution < -0.4 is 0 Å². The predicted molar refractivity (Wildman–Crippen MR) is 172 cm³/mol. The Hall–Kier alpha value is -2.16. The van der Waals surface area contributed by atoms with Gasteiger partial charge in [-0.1, -0.05) is 157 Å². The molecule has 0 bridgehead atoms. The highest BCUT2D eigenvalue weighted by atomic mass is 79.9. The molecular weight excluding hydrogens is 592 g/mol. The van der Waals surface area contributed by atoms with Gasteiger partial charge in [0.15, 0.2) is 0 Å². The van der Waals surface area contributed by atoms with E-state index in [4.69, 9.17) is 0 Å². The fourth-order valence-electron chi connectivity index (χ4n) is 6.96. The van der Waals surface area contributed by atoms with Gasteiger partial charge in [0, 0.05) is 21.5 Å². The molecule has 0 amide bonds. The van der Waals surface area contributed by atoms with Crippen molar-refractivity contribution in [1.82, 2.24) is 0 Å². The third-order valence-corrected chi connectivity index (χ3v) is 10.1. The van der Waals surface area contributed by atoms with Crippen LogP contribution in [0, 0.1) is 0 Å². The van der Waals surface area contributed by atoms with Gasteiger partial charge in [-0.15, -0.1) is 0 Å². The predicted octanol–water partition coefficient (Wildman–Crippen LogP) is 11.3. The van der Waals surface area contributed by atoms with Crippen LogP contribution in [0.3, 0.4) is 0 Å². The average Bonchev–Trinajstić information content (AvgIpc) is 3.35. The van der Waals surface area contributed by atoms with Gasteiger partial charge in [0.05, 0.1) is 0 Å². The fraction of sp³-hybridized carbons (Fsp3) is 0.333. The summed E-state index contributed by atoms with van der Waals surface area (Å²) >= 11 is 7.19. The molecule has 2 aliphatic carbocycles. The molecule has 0 heterocycles. The maximum absolute atomic E-state index is 3.59. The molecule has 196 valence electrons. The Morgan fingerprint density at radius 2 is 0.868 bits per heavy atom. The summed E-state index contributed by atoms with van der Waals surface area (Å²) in [5.74, 6) is 0. The van der Waals surface area contributed by atoms with Gasteiger partial charge in [0.1, 0.15) is 0 Å². The summed E-state index contributed by atoms with van der Waals surface area (Å²) in [6, 6.07) is 31.6. The number of halogens is 2. The summed E-state index contributed by atoms with van der Waals surface area (Å²) in [7, 11) is 0. The average molecular weight is 631 g/mol. The van der Waals surface area contributed by atoms with Crippen LogP contribution in [0.15, 0.2) is 84.9 Å². The molecule has 0 radical (unpaired) electrons. The van der Waals surface area contributed by atoms with Crippen LogP contribution in [-0.4, -0.2) is 0 Å². The summed E-state index contributed by atoms with van der Waals surface area (Å²) in [6.45, 7) is 9.36. The van der Waals surface area contributed by atoms with Crippen LogP contribution in [-0.2, 0) is 21.5 Å². The molecule has 0 aromatic heterocycles. The second kappa shape index (κ2) is 11.1. The largest absolute Gasteiger partial charge is 0.0876 e. The lowest BCUT2D eigenvalue weighted by molar-refractivity contribution is 0.523. The molecule has 2 aliphatic rings. The molecule has 0 saturated heterocycles. The van der Waals surface area contributed by atoms with E-state index >= 15 is 0 Å². The number of hydrogen-bond donors (Lipinski definition) is 0. The molecule has 0 nitrogen and oxygen atoms in total. The first-order valence-electron chi connectivity index (χ1n) is 14.0. The van der Waals surface area contributed by atoms with Crippen molar-refractivity contribution in [3.63, 3.8) is 0 Å². The van der Waals surface area contributed by atoms with Gasteiger partial charge in [0.2, 0.25) is 0 Å². The van der Waals surface area contributed by atoms with Crippen molar-refractivity contribution in [3.8, 4) is 22.3 Å². The fourth-order valence-corrected chi connectivity index (χ4v) is 7.66. The first-order valence-corrected chi connectivity index (χ1v) is 16.2. The standard InChI is InChI=1S/C19H20Br2.C17H18/c1-3-8-19(2)17-9-13(11-20)4-6-15(17)16-7-5-14(12-21)10-18(16)19;1-3-12-17(2)15-10-6-4-8-13(15)14-9-5-7-11-16(14)17/h4-7,9-10H,3,8,11-12H2,1-2H3;4-11H,3,12H2,1-2H3. The Labute approximate surface area is 246 Å². The zero-order chi connectivity index (χ0) is 26.9. The van der Waals surface area contributed by atoms with Crippen LogP contribution >= 0.6 is 31.9 Å². The van der Waals surface area contributed by atoms with Crippen molar-refractivity contribution in [1.29, 1.82) is 0 Å². The Bertz CT molecular complexity index is 1350. The lowest BCUT2D eigenvalue weighted by atomic mass is 9.76. The summed E-state index contributed by atoms with van der Waals surface area (Å²) in [6.07, 6.45) is 4.84. The zero-order valence-corrected chi connectivity index (χ0v) is 26.3. The number of fused-ring (bicyclic) bond motifs is 6. The monoisotopic (exact) mass is 628 g/mol. The molecule has 4 aromatic carbocycles. The van der Waals surface area contributed by atoms with Gasteiger partial charge in [-0.25, -0.2) is 0 Å². The first-order chi connectivity index (χ1) is 18.4. The van der Waals surface area contributed by atoms with E-state index in [1.807, 2.05) is 0 Å². The van der Waals surface area contributed by atoms with Crippen molar-refractivity contribution < 1.29 is 0 Å². The van der Waals surface area contributed by atoms with Crippen LogP contribution in [0.25, 0.3) is 22.3 Å². The topological polar surface area (TPSA) is 0 Å². The van der Waals surface area contributed by atoms with Gasteiger partial charge in [-0.2, -0.15) is 0 Å². The number of alkyl halides is 2. The van der Waals surface area contributed by atoms with Crippen LogP contribution in [0.2, 0.25) is 0 Å². The molecule has 0 fully saturated rings. The number of hydrogen-bond acceptors (Lipinski definition) is 0. The minimum absolute atomic E-state index is 0.149. The lowest BCUT2D eigenvalue weighted by Gasteiger charge is -2.27. The molecule has 0 atom stereocenters. The maximum atomic E-state index is 3.59. The molecule has 6 rings (SSSR count). The van der Waals surface area contributed by atoms with E-state index in [1.54, 1.807) is 0 Å². The molecule has 0 spiro atoms. The number of benzene rings is 4. The first kappa shape index (κ1) is 27.4. The van der Waals surface area contributed by atoms with E-state index in [2.05, 4.69) is 144 Å². The SMILES string of the molecule is CCCC1(C)c2cc(CBr)ccc2-c2ccc(CBr)cc21.CCCC1(C)c2ccccc2-c2ccccc21. The summed E-state index contributed by atoms with van der Waals surface area (Å²) in [5, 5.41) is 1.84. The Balaban J connectivity index is 0.000000158. The highest BCUT2D eigenvalue weighted by Gasteiger charge is 2.39. The van der Waals surface area contributed by atoms with Crippen LogP contribution in [0.5, 0.6) is 0 Å². The van der Waals surface area contributed by atoms with Gasteiger partial charge < -0.3 is 0 Å². The summed E-state index contributed by atoms with van der Waals surface area (Å²) < 4.78 is 0. The molecule has 0 aliphatic heterocycles. The van der Waals surface area contributed by atoms with Crippen molar-refractivity contribution in [3.05, 3.63) is 118 Å². The van der Waals surface area contributed by atoms with Crippen LogP contribution in [0.4, 0.5) is 0 Å². The smallest absolute Gasteiger partial charge is 0.0283 e. The highest BCUT2D eigenvalue weighted by Crippen LogP contribution is 2.52. The number of rotatable bonds is 6. The van der Waals surface area contributed by atoms with Gasteiger partial charge in [-0.3, -0.25) is 0 Å². The quantitative estimate of drug-likeness (QED) is 0.186. The van der Waals surface area contributed by atoms with Gasteiger partial charge >= 0.3 is 0 Å². The van der Waals surface area contributed by atoms with E-state index in [0.717, 1.165) is 10.7 Å². The summed E-state index contributed by atoms with van der Waals surface area (Å²) in [5.41, 5.74) is 14.8. The van der Waals surface area contributed by atoms with E-state index in [-0.39, 0.29) is 10.8 Å². The molecule has 4 aromatic rings. The molecule has 2 heteroatoms. The second-order valence-electron chi connectivity index (χ2n) is 11.3. The van der Waals surface area contributed by atoms with Crippen molar-refractivity contribution in [2.75, 3.05) is 0 Å². The Morgan fingerprint density at radius 3 is 1.26 bits per heavy atom. The van der Waals surface area contributed by atoms with E-state index in [0.29, 0.717) is 0 Å². The highest BCUT2D eigenvalue weighted by molar-refractivity contribution is 9.08. The molecule has 0 saturated carbocycles. The van der Waals surface area contributed by atoms with E-state index < -0.39 is 0 Å². The zero-order valence-electron chi connectivity index (χ0n) is 23.1. The Morgan fingerprint density at radius 1 is 0.500 bits per heavy atom. The molecule has 0 unspecified atom stereocenters. The van der Waals surface area contributed by atoms with E-state index in [1.165, 1.54) is 81.3 Å².